The van der Waals surface area contributed by atoms with Gasteiger partial charge in [0.25, 0.3) is 5.91 Å². The molecule has 4 rings (SSSR count). The van der Waals surface area contributed by atoms with Crippen molar-refractivity contribution < 1.29 is 19.1 Å². The summed E-state index contributed by atoms with van der Waals surface area (Å²) < 4.78 is 11.8. The predicted molar refractivity (Wildman–Crippen MR) is 96.6 cm³/mol. The molecule has 0 radical (unpaired) electrons. The van der Waals surface area contributed by atoms with E-state index in [1.165, 1.54) is 0 Å². The fourth-order valence-electron chi connectivity index (χ4n) is 3.68. The number of ether oxygens (including phenoxy) is 2. The number of carbonyl (C=O) groups excluding carboxylic acids is 2. The molecule has 1 spiro atoms. The second-order valence-corrected chi connectivity index (χ2v) is 7.00. The zero-order chi connectivity index (χ0) is 18.1. The summed E-state index contributed by atoms with van der Waals surface area (Å²) in [6, 6.07) is 14.9. The molecule has 134 valence electrons. The van der Waals surface area contributed by atoms with Crippen LogP contribution in [0.3, 0.4) is 0 Å². The van der Waals surface area contributed by atoms with Crippen molar-refractivity contribution in [1.82, 2.24) is 4.90 Å². The highest BCUT2D eigenvalue weighted by atomic mass is 16.5. The Bertz CT molecular complexity index is 863. The van der Waals surface area contributed by atoms with Crippen molar-refractivity contribution in [3.63, 3.8) is 0 Å². The van der Waals surface area contributed by atoms with Crippen LogP contribution in [0.15, 0.2) is 48.5 Å². The lowest BCUT2D eigenvalue weighted by Gasteiger charge is -2.34. The molecule has 0 aliphatic carbocycles. The number of ketones is 1. The smallest absolute Gasteiger partial charge is 0.260 e. The van der Waals surface area contributed by atoms with Gasteiger partial charge in [-0.3, -0.25) is 9.59 Å². The van der Waals surface area contributed by atoms with Crippen LogP contribution in [0.1, 0.15) is 28.8 Å². The van der Waals surface area contributed by atoms with E-state index in [0.717, 1.165) is 5.56 Å². The molecule has 0 aromatic heterocycles. The number of benzene rings is 2. The topological polar surface area (TPSA) is 55.8 Å². The maximum absolute atomic E-state index is 12.5. The van der Waals surface area contributed by atoms with E-state index in [9.17, 15) is 9.59 Å². The summed E-state index contributed by atoms with van der Waals surface area (Å²) in [7, 11) is 0. The lowest BCUT2D eigenvalue weighted by molar-refractivity contribution is -0.133. The third kappa shape index (κ3) is 3.05. The van der Waals surface area contributed by atoms with Gasteiger partial charge in [0, 0.05) is 13.0 Å². The predicted octanol–water partition coefficient (Wildman–Crippen LogP) is 3.01. The van der Waals surface area contributed by atoms with E-state index in [4.69, 9.17) is 9.47 Å². The highest BCUT2D eigenvalue weighted by Crippen LogP contribution is 2.38. The standard InChI is InChI=1S/C21H21NO4/c1-15-6-2-4-8-18(15)25-13-20(24)22-11-10-21(14-22)12-17(23)16-7-3-5-9-19(16)26-21/h2-9H,10-14H2,1H3. The van der Waals surface area contributed by atoms with Crippen LogP contribution in [0.4, 0.5) is 0 Å². The Hall–Kier alpha value is -2.82. The molecule has 26 heavy (non-hydrogen) atoms. The van der Waals surface area contributed by atoms with Gasteiger partial charge in [-0.25, -0.2) is 0 Å². The van der Waals surface area contributed by atoms with Crippen molar-refractivity contribution >= 4 is 11.7 Å². The van der Waals surface area contributed by atoms with Gasteiger partial charge < -0.3 is 14.4 Å². The van der Waals surface area contributed by atoms with Crippen molar-refractivity contribution in [2.45, 2.75) is 25.4 Å². The van der Waals surface area contributed by atoms with Crippen LogP contribution in [-0.2, 0) is 4.79 Å². The monoisotopic (exact) mass is 351 g/mol. The molecular formula is C21H21NO4. The average Bonchev–Trinajstić information content (AvgIpc) is 3.04. The second-order valence-electron chi connectivity index (χ2n) is 7.00. The number of aryl methyl sites for hydroxylation is 1. The summed E-state index contributed by atoms with van der Waals surface area (Å²) in [5.74, 6) is 1.33. The number of hydrogen-bond acceptors (Lipinski definition) is 4. The molecule has 1 fully saturated rings. The van der Waals surface area contributed by atoms with Gasteiger partial charge in [-0.05, 0) is 30.7 Å². The third-order valence-electron chi connectivity index (χ3n) is 5.11. The van der Waals surface area contributed by atoms with Crippen LogP contribution in [-0.4, -0.2) is 41.9 Å². The quantitative estimate of drug-likeness (QED) is 0.853. The van der Waals surface area contributed by atoms with Gasteiger partial charge in [0.1, 0.15) is 17.1 Å². The molecular weight excluding hydrogens is 330 g/mol. The maximum atomic E-state index is 12.5. The number of nitrogens with zero attached hydrogens (tertiary/aromatic N) is 1. The Morgan fingerprint density at radius 2 is 1.96 bits per heavy atom. The lowest BCUT2D eigenvalue weighted by Crippen LogP contribution is -2.45. The van der Waals surface area contributed by atoms with E-state index in [-0.39, 0.29) is 18.3 Å². The SMILES string of the molecule is Cc1ccccc1OCC(=O)N1CCC2(CC(=O)c3ccccc3O2)C1. The van der Waals surface area contributed by atoms with Crippen LogP contribution in [0.5, 0.6) is 11.5 Å². The number of Topliss-reactive ketones (excluding diaryl/α,β-unsaturated/α-hetero) is 1. The Morgan fingerprint density at radius 1 is 1.19 bits per heavy atom. The van der Waals surface area contributed by atoms with Gasteiger partial charge in [-0.2, -0.15) is 0 Å². The van der Waals surface area contributed by atoms with Crippen LogP contribution in [0.2, 0.25) is 0 Å². The number of amides is 1. The van der Waals surface area contributed by atoms with Crippen LogP contribution < -0.4 is 9.47 Å². The molecule has 2 aromatic rings. The summed E-state index contributed by atoms with van der Waals surface area (Å²) in [6.45, 7) is 2.93. The minimum atomic E-state index is -0.607. The first-order valence-electron chi connectivity index (χ1n) is 8.84. The van der Waals surface area contributed by atoms with Crippen molar-refractivity contribution in [3.8, 4) is 11.5 Å². The Morgan fingerprint density at radius 3 is 2.81 bits per heavy atom. The molecule has 0 bridgehead atoms. The molecule has 1 saturated heterocycles. The number of para-hydroxylation sites is 2. The zero-order valence-corrected chi connectivity index (χ0v) is 14.7. The van der Waals surface area contributed by atoms with Gasteiger partial charge in [-0.1, -0.05) is 30.3 Å². The zero-order valence-electron chi connectivity index (χ0n) is 14.7. The number of carbonyl (C=O) groups is 2. The van der Waals surface area contributed by atoms with E-state index in [2.05, 4.69) is 0 Å². The van der Waals surface area contributed by atoms with Crippen LogP contribution >= 0.6 is 0 Å². The Kier molecular flexibility index (Phi) is 4.15. The third-order valence-corrected chi connectivity index (χ3v) is 5.11. The van der Waals surface area contributed by atoms with Gasteiger partial charge in [0.05, 0.1) is 18.5 Å². The van der Waals surface area contributed by atoms with E-state index in [1.807, 2.05) is 49.4 Å². The summed E-state index contributed by atoms with van der Waals surface area (Å²) in [4.78, 5) is 26.7. The number of fused-ring (bicyclic) bond motifs is 1. The molecule has 5 heteroatoms. The maximum Gasteiger partial charge on any atom is 0.260 e. The van der Waals surface area contributed by atoms with Crippen molar-refractivity contribution in [2.75, 3.05) is 19.7 Å². The highest BCUT2D eigenvalue weighted by Gasteiger charge is 2.46. The molecule has 2 aliphatic heterocycles. The Balaban J connectivity index is 1.41. The lowest BCUT2D eigenvalue weighted by atomic mass is 9.89. The van der Waals surface area contributed by atoms with Gasteiger partial charge in [-0.15, -0.1) is 0 Å². The molecule has 2 heterocycles. The van der Waals surface area contributed by atoms with E-state index in [0.29, 0.717) is 43.0 Å². The normalized spacial score (nSPS) is 21.4. The number of rotatable bonds is 3. The first kappa shape index (κ1) is 16.6. The summed E-state index contributed by atoms with van der Waals surface area (Å²) >= 11 is 0. The fraction of sp³-hybridized carbons (Fsp3) is 0.333. The first-order chi connectivity index (χ1) is 12.6. The molecule has 2 aliphatic rings. The molecule has 1 atom stereocenters. The minimum absolute atomic E-state index is 0.00847. The van der Waals surface area contributed by atoms with E-state index < -0.39 is 5.60 Å². The molecule has 0 saturated carbocycles. The van der Waals surface area contributed by atoms with Crippen molar-refractivity contribution in [3.05, 3.63) is 59.7 Å². The average molecular weight is 351 g/mol. The number of likely N-dealkylation sites (tertiary alicyclic amines) is 1. The van der Waals surface area contributed by atoms with E-state index >= 15 is 0 Å². The van der Waals surface area contributed by atoms with Crippen LogP contribution in [0.25, 0.3) is 0 Å². The molecule has 5 nitrogen and oxygen atoms in total. The summed E-state index contributed by atoms with van der Waals surface area (Å²) in [6.07, 6.45) is 0.968. The van der Waals surface area contributed by atoms with Gasteiger partial charge in [0.2, 0.25) is 0 Å². The van der Waals surface area contributed by atoms with Crippen molar-refractivity contribution in [2.24, 2.45) is 0 Å². The molecule has 1 unspecified atom stereocenters. The van der Waals surface area contributed by atoms with Gasteiger partial charge in [0.15, 0.2) is 12.4 Å². The first-order valence-corrected chi connectivity index (χ1v) is 8.84. The molecule has 2 aromatic carbocycles. The Labute approximate surface area is 152 Å². The minimum Gasteiger partial charge on any atom is -0.484 e. The summed E-state index contributed by atoms with van der Waals surface area (Å²) in [5, 5.41) is 0. The highest BCUT2D eigenvalue weighted by molar-refractivity contribution is 6.00. The fourth-order valence-corrected chi connectivity index (χ4v) is 3.68. The summed E-state index contributed by atoms with van der Waals surface area (Å²) in [5.41, 5.74) is 1.02. The molecule has 0 N–H and O–H groups in total. The van der Waals surface area contributed by atoms with E-state index in [1.54, 1.807) is 11.0 Å². The van der Waals surface area contributed by atoms with Crippen molar-refractivity contribution in [1.29, 1.82) is 0 Å². The van der Waals surface area contributed by atoms with Gasteiger partial charge >= 0.3 is 0 Å². The number of hydrogen-bond donors (Lipinski definition) is 0. The molecule has 1 amide bonds. The van der Waals surface area contributed by atoms with Crippen LogP contribution in [0, 0.1) is 6.92 Å². The largest absolute Gasteiger partial charge is 0.484 e. The second kappa shape index (κ2) is 6.48.